The van der Waals surface area contributed by atoms with Crippen molar-refractivity contribution in [3.8, 4) is 0 Å². The first-order chi connectivity index (χ1) is 8.20. The third-order valence-corrected chi connectivity index (χ3v) is 4.15. The van der Waals surface area contributed by atoms with Crippen molar-refractivity contribution in [3.63, 3.8) is 0 Å². The summed E-state index contributed by atoms with van der Waals surface area (Å²) in [5, 5.41) is 0. The molecule has 0 bridgehead atoms. The van der Waals surface area contributed by atoms with Crippen LogP contribution in [0.5, 0.6) is 0 Å². The fourth-order valence-electron chi connectivity index (χ4n) is 2.92. The number of nitrogens with two attached hydrogens (primary N) is 2. The van der Waals surface area contributed by atoms with E-state index in [2.05, 4.69) is 11.9 Å². The Kier molecular flexibility index (Phi) is 4.00. The Morgan fingerprint density at radius 3 is 2.94 bits per heavy atom. The van der Waals surface area contributed by atoms with Gasteiger partial charge in [0.25, 0.3) is 0 Å². The third-order valence-electron chi connectivity index (χ3n) is 4.15. The molecule has 0 aliphatic heterocycles. The number of nitrogen functional groups attached to an aromatic ring is 1. The van der Waals surface area contributed by atoms with Crippen LogP contribution >= 0.6 is 0 Å². The molecular formula is C14H23N3. The van der Waals surface area contributed by atoms with Crippen LogP contribution < -0.4 is 11.5 Å². The zero-order valence-corrected chi connectivity index (χ0v) is 10.6. The molecule has 17 heavy (non-hydrogen) atoms. The predicted molar refractivity (Wildman–Crippen MR) is 71.5 cm³/mol. The number of rotatable bonds is 4. The molecule has 0 saturated heterocycles. The third kappa shape index (κ3) is 2.97. The van der Waals surface area contributed by atoms with Gasteiger partial charge in [-0.2, -0.15) is 0 Å². The van der Waals surface area contributed by atoms with Crippen molar-refractivity contribution in [2.24, 2.45) is 17.6 Å². The molecule has 1 fully saturated rings. The van der Waals surface area contributed by atoms with Gasteiger partial charge in [0.15, 0.2) is 0 Å². The standard InChI is InChI=1S/C14H23N3/c1-2-10-5-6-11(8-10)13(15)9-12-4-3-7-17-14(12)16/h3-4,7,10-11,13H,2,5-6,8-9,15H2,1H3,(H2,16,17). The average Bonchev–Trinajstić information content (AvgIpc) is 2.81. The Bertz CT molecular complexity index is 364. The Balaban J connectivity index is 1.94. The minimum absolute atomic E-state index is 0.234. The maximum atomic E-state index is 6.31. The predicted octanol–water partition coefficient (Wildman–Crippen LogP) is 2.36. The lowest BCUT2D eigenvalue weighted by Gasteiger charge is -2.19. The van der Waals surface area contributed by atoms with Gasteiger partial charge in [0, 0.05) is 12.2 Å². The molecule has 1 aliphatic carbocycles. The molecule has 3 heteroatoms. The van der Waals surface area contributed by atoms with Gasteiger partial charge in [0.1, 0.15) is 5.82 Å². The Morgan fingerprint density at radius 2 is 2.29 bits per heavy atom. The Morgan fingerprint density at radius 1 is 1.47 bits per heavy atom. The normalized spacial score (nSPS) is 26.0. The van der Waals surface area contributed by atoms with E-state index in [-0.39, 0.29) is 6.04 Å². The fraction of sp³-hybridized carbons (Fsp3) is 0.643. The van der Waals surface area contributed by atoms with E-state index >= 15 is 0 Å². The molecule has 3 atom stereocenters. The van der Waals surface area contributed by atoms with Crippen LogP contribution in [-0.4, -0.2) is 11.0 Å². The SMILES string of the molecule is CCC1CCC(C(N)Cc2cccnc2N)C1. The number of hydrogen-bond donors (Lipinski definition) is 2. The van der Waals surface area contributed by atoms with Crippen molar-refractivity contribution >= 4 is 5.82 Å². The molecule has 4 N–H and O–H groups in total. The first kappa shape index (κ1) is 12.4. The second kappa shape index (κ2) is 5.50. The Labute approximate surface area is 104 Å². The van der Waals surface area contributed by atoms with E-state index < -0.39 is 0 Å². The summed E-state index contributed by atoms with van der Waals surface area (Å²) < 4.78 is 0. The summed E-state index contributed by atoms with van der Waals surface area (Å²) in [5.74, 6) is 2.19. The Hall–Kier alpha value is -1.09. The number of anilines is 1. The first-order valence-corrected chi connectivity index (χ1v) is 6.65. The van der Waals surface area contributed by atoms with Crippen LogP contribution in [0.2, 0.25) is 0 Å². The highest BCUT2D eigenvalue weighted by atomic mass is 14.8. The summed E-state index contributed by atoms with van der Waals surface area (Å²) in [7, 11) is 0. The smallest absolute Gasteiger partial charge is 0.126 e. The van der Waals surface area contributed by atoms with E-state index in [1.165, 1.54) is 25.7 Å². The van der Waals surface area contributed by atoms with Crippen molar-refractivity contribution in [1.29, 1.82) is 0 Å². The summed E-state index contributed by atoms with van der Waals surface area (Å²) in [6.45, 7) is 2.28. The van der Waals surface area contributed by atoms with Crippen LogP contribution in [0, 0.1) is 11.8 Å². The van der Waals surface area contributed by atoms with Gasteiger partial charge < -0.3 is 11.5 Å². The fourth-order valence-corrected chi connectivity index (χ4v) is 2.92. The van der Waals surface area contributed by atoms with Gasteiger partial charge in [0.2, 0.25) is 0 Å². The summed E-state index contributed by atoms with van der Waals surface area (Å²) in [5.41, 5.74) is 13.3. The van der Waals surface area contributed by atoms with Gasteiger partial charge in [-0.1, -0.05) is 25.8 Å². The second-order valence-electron chi connectivity index (χ2n) is 5.26. The molecule has 2 rings (SSSR count). The molecule has 1 aromatic rings. The molecule has 1 heterocycles. The molecule has 3 nitrogen and oxygen atoms in total. The van der Waals surface area contributed by atoms with Crippen LogP contribution in [0.3, 0.4) is 0 Å². The molecule has 0 spiro atoms. The lowest BCUT2D eigenvalue weighted by atomic mass is 9.92. The lowest BCUT2D eigenvalue weighted by Crippen LogP contribution is -2.31. The zero-order chi connectivity index (χ0) is 12.3. The number of nitrogens with zero attached hydrogens (tertiary/aromatic N) is 1. The van der Waals surface area contributed by atoms with Crippen molar-refractivity contribution < 1.29 is 0 Å². The summed E-state index contributed by atoms with van der Waals surface area (Å²) in [6, 6.07) is 4.20. The molecule has 0 radical (unpaired) electrons. The highest BCUT2D eigenvalue weighted by molar-refractivity contribution is 5.38. The molecule has 0 aromatic carbocycles. The van der Waals surface area contributed by atoms with E-state index in [4.69, 9.17) is 11.5 Å². The topological polar surface area (TPSA) is 64.9 Å². The molecular weight excluding hydrogens is 210 g/mol. The quantitative estimate of drug-likeness (QED) is 0.839. The van der Waals surface area contributed by atoms with E-state index in [0.717, 1.165) is 17.9 Å². The van der Waals surface area contributed by atoms with Gasteiger partial charge in [-0.05, 0) is 42.7 Å². The van der Waals surface area contributed by atoms with Gasteiger partial charge in [-0.3, -0.25) is 0 Å². The van der Waals surface area contributed by atoms with Crippen molar-refractivity contribution in [3.05, 3.63) is 23.9 Å². The van der Waals surface area contributed by atoms with E-state index in [1.54, 1.807) is 6.20 Å². The minimum Gasteiger partial charge on any atom is -0.383 e. The highest BCUT2D eigenvalue weighted by Gasteiger charge is 2.28. The molecule has 94 valence electrons. The van der Waals surface area contributed by atoms with Gasteiger partial charge in [-0.15, -0.1) is 0 Å². The minimum atomic E-state index is 0.234. The molecule has 1 aromatic heterocycles. The molecule has 0 amide bonds. The number of pyridine rings is 1. The average molecular weight is 233 g/mol. The van der Waals surface area contributed by atoms with Crippen LogP contribution in [0.25, 0.3) is 0 Å². The maximum absolute atomic E-state index is 6.31. The molecule has 3 unspecified atom stereocenters. The van der Waals surface area contributed by atoms with Crippen LogP contribution in [0.1, 0.15) is 38.2 Å². The largest absolute Gasteiger partial charge is 0.383 e. The summed E-state index contributed by atoms with van der Waals surface area (Å²) in [6.07, 6.45) is 7.79. The second-order valence-corrected chi connectivity index (χ2v) is 5.26. The maximum Gasteiger partial charge on any atom is 0.126 e. The summed E-state index contributed by atoms with van der Waals surface area (Å²) >= 11 is 0. The van der Waals surface area contributed by atoms with Crippen molar-refractivity contribution in [1.82, 2.24) is 4.98 Å². The molecule has 1 aliphatic rings. The number of aromatic nitrogens is 1. The van der Waals surface area contributed by atoms with Crippen molar-refractivity contribution in [2.45, 2.75) is 45.1 Å². The van der Waals surface area contributed by atoms with Gasteiger partial charge >= 0.3 is 0 Å². The van der Waals surface area contributed by atoms with Crippen LogP contribution in [0.4, 0.5) is 5.82 Å². The van der Waals surface area contributed by atoms with Gasteiger partial charge in [0.05, 0.1) is 0 Å². The van der Waals surface area contributed by atoms with Crippen molar-refractivity contribution in [2.75, 3.05) is 5.73 Å². The van der Waals surface area contributed by atoms with E-state index in [1.807, 2.05) is 12.1 Å². The monoisotopic (exact) mass is 233 g/mol. The highest BCUT2D eigenvalue weighted by Crippen LogP contribution is 2.35. The van der Waals surface area contributed by atoms with Crippen LogP contribution in [0.15, 0.2) is 18.3 Å². The lowest BCUT2D eigenvalue weighted by molar-refractivity contribution is 0.405. The zero-order valence-electron chi connectivity index (χ0n) is 10.6. The van der Waals surface area contributed by atoms with E-state index in [9.17, 15) is 0 Å². The van der Waals surface area contributed by atoms with Crippen LogP contribution in [-0.2, 0) is 6.42 Å². The summed E-state index contributed by atoms with van der Waals surface area (Å²) in [4.78, 5) is 4.11. The first-order valence-electron chi connectivity index (χ1n) is 6.65. The van der Waals surface area contributed by atoms with E-state index in [0.29, 0.717) is 11.7 Å². The molecule has 1 saturated carbocycles. The number of hydrogen-bond acceptors (Lipinski definition) is 3. The van der Waals surface area contributed by atoms with Gasteiger partial charge in [-0.25, -0.2) is 4.98 Å².